The molecule has 33 heavy (non-hydrogen) atoms. The first-order valence-electron chi connectivity index (χ1n) is 11.3. The largest absolute Gasteiger partial charge is 0.337 e. The van der Waals surface area contributed by atoms with Crippen molar-refractivity contribution in [3.8, 4) is 5.69 Å². The number of aryl methyl sites for hydroxylation is 3. The Balaban J connectivity index is 1.43. The minimum Gasteiger partial charge on any atom is -0.337 e. The van der Waals surface area contributed by atoms with Crippen molar-refractivity contribution in [2.45, 2.75) is 45.7 Å². The Kier molecular flexibility index (Phi) is 5.32. The third-order valence-electron chi connectivity index (χ3n) is 6.51. The second kappa shape index (κ2) is 8.31. The van der Waals surface area contributed by atoms with Gasteiger partial charge in [0.05, 0.1) is 17.9 Å². The lowest BCUT2D eigenvalue weighted by atomic mass is 9.87. The Morgan fingerprint density at radius 2 is 1.91 bits per heavy atom. The molecule has 2 heterocycles. The first-order valence-corrected chi connectivity index (χ1v) is 11.3. The quantitative estimate of drug-likeness (QED) is 0.484. The van der Waals surface area contributed by atoms with Crippen LogP contribution in [0, 0.1) is 13.8 Å². The van der Waals surface area contributed by atoms with Crippen LogP contribution in [0.4, 0.5) is 0 Å². The third-order valence-corrected chi connectivity index (χ3v) is 6.51. The van der Waals surface area contributed by atoms with E-state index in [0.29, 0.717) is 11.0 Å². The predicted octanol–water partition coefficient (Wildman–Crippen LogP) is 3.74. The van der Waals surface area contributed by atoms with Crippen LogP contribution in [-0.4, -0.2) is 37.2 Å². The van der Waals surface area contributed by atoms with Crippen molar-refractivity contribution < 1.29 is 4.79 Å². The number of fused-ring (bicyclic) bond motifs is 2. The summed E-state index contributed by atoms with van der Waals surface area (Å²) in [4.78, 5) is 32.5. The van der Waals surface area contributed by atoms with E-state index in [1.165, 1.54) is 28.2 Å². The van der Waals surface area contributed by atoms with Crippen LogP contribution >= 0.6 is 0 Å². The summed E-state index contributed by atoms with van der Waals surface area (Å²) in [6.07, 6.45) is 5.99. The number of hydrogen-bond donors (Lipinski definition) is 0. The van der Waals surface area contributed by atoms with Crippen LogP contribution in [0.25, 0.3) is 16.7 Å². The van der Waals surface area contributed by atoms with Crippen LogP contribution in [0.3, 0.4) is 0 Å². The highest BCUT2D eigenvalue weighted by Crippen LogP contribution is 2.33. The third kappa shape index (κ3) is 3.84. The average Bonchev–Trinajstić information content (AvgIpc) is 3.24. The first-order chi connectivity index (χ1) is 15.9. The first kappa shape index (κ1) is 21.1. The molecule has 0 bridgehead atoms. The van der Waals surface area contributed by atoms with E-state index in [0.717, 1.165) is 36.1 Å². The average molecular weight is 442 g/mol. The zero-order chi connectivity index (χ0) is 23.1. The number of likely N-dealkylation sites (N-methyl/N-ethyl adjacent to an activating group) is 1. The highest BCUT2D eigenvalue weighted by Gasteiger charge is 2.27. The van der Waals surface area contributed by atoms with Crippen LogP contribution in [0.5, 0.6) is 0 Å². The van der Waals surface area contributed by atoms with Gasteiger partial charge in [-0.05, 0) is 67.5 Å². The highest BCUT2D eigenvalue weighted by atomic mass is 16.2. The molecule has 2 aromatic carbocycles. The molecule has 2 aromatic heterocycles. The van der Waals surface area contributed by atoms with Gasteiger partial charge in [0.1, 0.15) is 18.3 Å². The van der Waals surface area contributed by atoms with Gasteiger partial charge in [0.2, 0.25) is 5.91 Å². The molecule has 0 saturated carbocycles. The molecule has 0 fully saturated rings. The number of carbonyl (C=O) groups is 1. The summed E-state index contributed by atoms with van der Waals surface area (Å²) in [6.45, 7) is 4.00. The van der Waals surface area contributed by atoms with Gasteiger partial charge in [0, 0.05) is 7.05 Å². The minimum absolute atomic E-state index is 0.0298. The van der Waals surface area contributed by atoms with Crippen LogP contribution in [-0.2, 0) is 17.8 Å². The Morgan fingerprint density at radius 1 is 1.15 bits per heavy atom. The van der Waals surface area contributed by atoms with Crippen LogP contribution in [0.15, 0.2) is 59.8 Å². The van der Waals surface area contributed by atoms with Crippen LogP contribution < -0.4 is 5.56 Å². The van der Waals surface area contributed by atoms with Gasteiger partial charge in [-0.25, -0.2) is 9.67 Å². The molecule has 0 spiro atoms. The number of aromatic nitrogens is 4. The minimum atomic E-state index is -0.263. The van der Waals surface area contributed by atoms with Gasteiger partial charge in [-0.15, -0.1) is 0 Å². The van der Waals surface area contributed by atoms with Gasteiger partial charge < -0.3 is 4.90 Å². The summed E-state index contributed by atoms with van der Waals surface area (Å²) in [6, 6.07) is 14.4. The molecule has 1 amide bonds. The summed E-state index contributed by atoms with van der Waals surface area (Å²) in [5.74, 6) is -0.110. The van der Waals surface area contributed by atoms with Crippen molar-refractivity contribution in [2.24, 2.45) is 0 Å². The topological polar surface area (TPSA) is 73.0 Å². The summed E-state index contributed by atoms with van der Waals surface area (Å²) in [7, 11) is 1.82. The van der Waals surface area contributed by atoms with E-state index in [1.807, 2.05) is 45.2 Å². The molecule has 0 saturated heterocycles. The number of benzene rings is 2. The Bertz CT molecular complexity index is 1400. The van der Waals surface area contributed by atoms with Crippen molar-refractivity contribution in [2.75, 3.05) is 7.05 Å². The van der Waals surface area contributed by atoms with Crippen molar-refractivity contribution in [1.82, 2.24) is 24.2 Å². The van der Waals surface area contributed by atoms with E-state index >= 15 is 0 Å². The molecular formula is C26H27N5O2. The van der Waals surface area contributed by atoms with Crippen molar-refractivity contribution in [1.29, 1.82) is 0 Å². The monoisotopic (exact) mass is 441 g/mol. The number of rotatable bonds is 4. The summed E-state index contributed by atoms with van der Waals surface area (Å²) >= 11 is 0. The number of amides is 1. The van der Waals surface area contributed by atoms with Gasteiger partial charge in [0.25, 0.3) is 5.56 Å². The van der Waals surface area contributed by atoms with E-state index in [9.17, 15) is 9.59 Å². The lowest BCUT2D eigenvalue weighted by Crippen LogP contribution is -2.37. The molecule has 1 aliphatic carbocycles. The molecule has 1 atom stereocenters. The van der Waals surface area contributed by atoms with Gasteiger partial charge in [-0.1, -0.05) is 30.3 Å². The summed E-state index contributed by atoms with van der Waals surface area (Å²) in [5.41, 5.74) is 5.81. The Hall–Kier alpha value is -3.74. The fourth-order valence-electron chi connectivity index (χ4n) is 4.88. The molecule has 5 rings (SSSR count). The molecular weight excluding hydrogens is 414 g/mol. The van der Waals surface area contributed by atoms with Gasteiger partial charge >= 0.3 is 0 Å². The maximum Gasteiger partial charge on any atom is 0.264 e. The molecule has 168 valence electrons. The smallest absolute Gasteiger partial charge is 0.264 e. The molecule has 0 N–H and O–H groups in total. The molecule has 7 nitrogen and oxygen atoms in total. The van der Waals surface area contributed by atoms with E-state index in [1.54, 1.807) is 9.58 Å². The zero-order valence-corrected chi connectivity index (χ0v) is 19.2. The molecule has 0 radical (unpaired) electrons. The lowest BCUT2D eigenvalue weighted by Gasteiger charge is -2.33. The molecule has 0 aliphatic heterocycles. The van der Waals surface area contributed by atoms with Gasteiger partial charge in [-0.3, -0.25) is 14.2 Å². The van der Waals surface area contributed by atoms with Crippen molar-refractivity contribution in [3.63, 3.8) is 0 Å². The maximum absolute atomic E-state index is 13.1. The van der Waals surface area contributed by atoms with E-state index < -0.39 is 0 Å². The van der Waals surface area contributed by atoms with Crippen LogP contribution in [0.1, 0.15) is 41.1 Å². The summed E-state index contributed by atoms with van der Waals surface area (Å²) in [5, 5.41) is 4.81. The fourth-order valence-corrected chi connectivity index (χ4v) is 4.88. The van der Waals surface area contributed by atoms with Gasteiger partial charge in [0.15, 0.2) is 5.65 Å². The van der Waals surface area contributed by atoms with Gasteiger partial charge in [-0.2, -0.15) is 5.10 Å². The number of hydrogen-bond acceptors (Lipinski definition) is 4. The number of carbonyl (C=O) groups excluding carboxylic acids is 1. The molecule has 7 heteroatoms. The Morgan fingerprint density at radius 3 is 2.70 bits per heavy atom. The normalized spacial score (nSPS) is 15.4. The van der Waals surface area contributed by atoms with Crippen LogP contribution in [0.2, 0.25) is 0 Å². The molecule has 0 unspecified atom stereocenters. The second-order valence-electron chi connectivity index (χ2n) is 8.93. The Labute approximate surface area is 192 Å². The summed E-state index contributed by atoms with van der Waals surface area (Å²) < 4.78 is 3.05. The van der Waals surface area contributed by atoms with Crippen molar-refractivity contribution >= 4 is 16.9 Å². The fraction of sp³-hybridized carbons (Fsp3) is 0.308. The zero-order valence-electron chi connectivity index (χ0n) is 19.2. The highest BCUT2D eigenvalue weighted by molar-refractivity contribution is 5.78. The second-order valence-corrected chi connectivity index (χ2v) is 8.93. The predicted molar refractivity (Wildman–Crippen MR) is 127 cm³/mol. The number of nitrogens with zero attached hydrogens (tertiary/aromatic N) is 5. The van der Waals surface area contributed by atoms with E-state index in [2.05, 4.69) is 28.3 Å². The van der Waals surface area contributed by atoms with Crippen molar-refractivity contribution in [3.05, 3.63) is 87.6 Å². The molecule has 1 aliphatic rings. The SMILES string of the molecule is Cc1cc(C)cc(-n2ncc3c(=O)n(CC(=O)N(C)[C@H]4CCCc5ccccc54)cnc32)c1. The van der Waals surface area contributed by atoms with E-state index in [4.69, 9.17) is 0 Å². The standard InChI is InChI=1S/C26H27N5O2/c1-17-11-18(2)13-20(12-17)31-25-22(14-28-31)26(33)30(16-27-25)15-24(32)29(3)23-10-6-8-19-7-4-5-9-21(19)23/h4-5,7,9,11-14,16,23H,6,8,10,15H2,1-3H3/t23-/m0/s1. The maximum atomic E-state index is 13.1. The lowest BCUT2D eigenvalue weighted by molar-refractivity contribution is -0.133. The van der Waals surface area contributed by atoms with E-state index in [-0.39, 0.29) is 24.1 Å². The molecule has 4 aromatic rings.